The molecule has 0 aliphatic rings. The van der Waals surface area contributed by atoms with Gasteiger partial charge in [0.1, 0.15) is 0 Å². The van der Waals surface area contributed by atoms with E-state index in [9.17, 15) is 0 Å². The highest BCUT2D eigenvalue weighted by Crippen LogP contribution is 2.08. The third kappa shape index (κ3) is 3.57. The molecular formula is C10H18IN3. The maximum Gasteiger partial charge on any atom is 0.0762 e. The highest BCUT2D eigenvalue weighted by atomic mass is 127. The van der Waals surface area contributed by atoms with Gasteiger partial charge in [0.2, 0.25) is 0 Å². The molecule has 0 spiro atoms. The molecule has 0 bridgehead atoms. The molecule has 0 aromatic carbocycles. The molecule has 4 heteroatoms. The minimum absolute atomic E-state index is 0.508. The summed E-state index contributed by atoms with van der Waals surface area (Å²) in [5, 5.41) is 7.84. The van der Waals surface area contributed by atoms with Crippen LogP contribution in [0.1, 0.15) is 32.0 Å². The zero-order valence-corrected chi connectivity index (χ0v) is 11.0. The van der Waals surface area contributed by atoms with Crippen molar-refractivity contribution < 1.29 is 0 Å². The fraction of sp³-hybridized carbons (Fsp3) is 0.700. The van der Waals surface area contributed by atoms with E-state index in [0.717, 1.165) is 29.6 Å². The number of hydrogen-bond acceptors (Lipinski definition) is 2. The minimum atomic E-state index is 0.508. The first-order chi connectivity index (χ1) is 6.77. The van der Waals surface area contributed by atoms with Crippen LogP contribution in [0.25, 0.3) is 0 Å². The largest absolute Gasteiger partial charge is 0.310 e. The molecule has 1 atom stereocenters. The number of hydrogen-bond donors (Lipinski definition) is 1. The number of nitrogens with one attached hydrogen (secondary N) is 1. The van der Waals surface area contributed by atoms with E-state index < -0.39 is 0 Å². The van der Waals surface area contributed by atoms with Crippen LogP contribution in [0.2, 0.25) is 0 Å². The van der Waals surface area contributed by atoms with Gasteiger partial charge < -0.3 is 5.32 Å². The Morgan fingerprint density at radius 1 is 1.64 bits per heavy atom. The first kappa shape index (κ1) is 12.0. The highest BCUT2D eigenvalue weighted by Gasteiger charge is 2.03. The Kier molecular flexibility index (Phi) is 5.47. The predicted molar refractivity (Wildman–Crippen MR) is 67.8 cm³/mol. The second-order valence-electron chi connectivity index (χ2n) is 3.41. The van der Waals surface area contributed by atoms with Gasteiger partial charge in [-0.3, -0.25) is 4.68 Å². The fourth-order valence-electron chi connectivity index (χ4n) is 1.19. The second kappa shape index (κ2) is 6.40. The Morgan fingerprint density at radius 3 is 3.07 bits per heavy atom. The van der Waals surface area contributed by atoms with Crippen molar-refractivity contribution in [1.29, 1.82) is 0 Å². The zero-order chi connectivity index (χ0) is 10.4. The lowest BCUT2D eigenvalue weighted by molar-refractivity contribution is 0.472. The first-order valence-electron chi connectivity index (χ1n) is 5.08. The standard InChI is InChI=1S/C10H18IN3/c1-3-9(2)14-7-4-10(13-14)8-12-6-5-11/h4,7,9,12H,3,5-6,8H2,1-2H3. The van der Waals surface area contributed by atoms with Crippen LogP contribution >= 0.6 is 22.6 Å². The van der Waals surface area contributed by atoms with Gasteiger partial charge in [-0.05, 0) is 19.4 Å². The minimum Gasteiger partial charge on any atom is -0.310 e. The van der Waals surface area contributed by atoms with Gasteiger partial charge in [-0.25, -0.2) is 0 Å². The number of aromatic nitrogens is 2. The quantitative estimate of drug-likeness (QED) is 0.497. The Morgan fingerprint density at radius 2 is 2.43 bits per heavy atom. The molecule has 14 heavy (non-hydrogen) atoms. The molecule has 0 aliphatic heterocycles. The number of rotatable bonds is 6. The molecule has 0 aliphatic carbocycles. The lowest BCUT2D eigenvalue weighted by atomic mass is 10.3. The molecule has 3 nitrogen and oxygen atoms in total. The van der Waals surface area contributed by atoms with Crippen molar-refractivity contribution in [3.05, 3.63) is 18.0 Å². The monoisotopic (exact) mass is 307 g/mol. The normalized spacial score (nSPS) is 13.1. The summed E-state index contributed by atoms with van der Waals surface area (Å²) in [7, 11) is 0. The van der Waals surface area contributed by atoms with Gasteiger partial charge in [0.25, 0.3) is 0 Å². The molecule has 1 N–H and O–H groups in total. The predicted octanol–water partition coefficient (Wildman–Crippen LogP) is 2.38. The van der Waals surface area contributed by atoms with Crippen molar-refractivity contribution in [1.82, 2.24) is 15.1 Å². The molecule has 0 radical (unpaired) electrons. The van der Waals surface area contributed by atoms with Crippen molar-refractivity contribution in [3.63, 3.8) is 0 Å². The third-order valence-corrected chi connectivity index (χ3v) is 2.82. The highest BCUT2D eigenvalue weighted by molar-refractivity contribution is 14.1. The van der Waals surface area contributed by atoms with E-state index in [0.29, 0.717) is 6.04 Å². The van der Waals surface area contributed by atoms with Gasteiger partial charge in [0.15, 0.2) is 0 Å². The maximum absolute atomic E-state index is 4.50. The van der Waals surface area contributed by atoms with Crippen LogP contribution in [-0.4, -0.2) is 20.8 Å². The van der Waals surface area contributed by atoms with Gasteiger partial charge in [-0.2, -0.15) is 5.10 Å². The number of halogens is 1. The van der Waals surface area contributed by atoms with E-state index in [2.05, 4.69) is 59.1 Å². The van der Waals surface area contributed by atoms with Gasteiger partial charge in [-0.15, -0.1) is 0 Å². The van der Waals surface area contributed by atoms with Crippen molar-refractivity contribution in [3.8, 4) is 0 Å². The molecule has 1 unspecified atom stereocenters. The topological polar surface area (TPSA) is 29.9 Å². The first-order valence-corrected chi connectivity index (χ1v) is 6.61. The van der Waals surface area contributed by atoms with Crippen LogP contribution in [-0.2, 0) is 6.54 Å². The van der Waals surface area contributed by atoms with Gasteiger partial charge >= 0.3 is 0 Å². The summed E-state index contributed by atoms with van der Waals surface area (Å²) in [6, 6.07) is 2.60. The Bertz CT molecular complexity index is 260. The zero-order valence-electron chi connectivity index (χ0n) is 8.83. The van der Waals surface area contributed by atoms with E-state index in [-0.39, 0.29) is 0 Å². The molecule has 1 aromatic rings. The molecule has 1 rings (SSSR count). The van der Waals surface area contributed by atoms with Crippen LogP contribution in [0.5, 0.6) is 0 Å². The van der Waals surface area contributed by atoms with Gasteiger partial charge in [0, 0.05) is 29.8 Å². The van der Waals surface area contributed by atoms with E-state index in [1.807, 2.05) is 4.68 Å². The smallest absolute Gasteiger partial charge is 0.0762 e. The van der Waals surface area contributed by atoms with Crippen molar-refractivity contribution in [2.75, 3.05) is 11.0 Å². The van der Waals surface area contributed by atoms with E-state index in [1.54, 1.807) is 0 Å². The fourth-order valence-corrected chi connectivity index (χ4v) is 1.57. The van der Waals surface area contributed by atoms with Crippen LogP contribution in [0.3, 0.4) is 0 Å². The average molecular weight is 307 g/mol. The second-order valence-corrected chi connectivity index (χ2v) is 4.49. The van der Waals surface area contributed by atoms with Crippen LogP contribution < -0.4 is 5.32 Å². The molecule has 0 saturated heterocycles. The molecule has 0 saturated carbocycles. The van der Waals surface area contributed by atoms with Gasteiger partial charge in [0.05, 0.1) is 5.69 Å². The van der Waals surface area contributed by atoms with Crippen LogP contribution in [0, 0.1) is 0 Å². The van der Waals surface area contributed by atoms with E-state index in [1.165, 1.54) is 0 Å². The summed E-state index contributed by atoms with van der Waals surface area (Å²) in [6.45, 7) is 6.30. The summed E-state index contributed by atoms with van der Waals surface area (Å²) >= 11 is 2.36. The summed E-state index contributed by atoms with van der Waals surface area (Å²) in [5.41, 5.74) is 1.13. The number of alkyl halides is 1. The average Bonchev–Trinajstić information content (AvgIpc) is 2.66. The molecular weight excluding hydrogens is 289 g/mol. The molecule has 0 fully saturated rings. The van der Waals surface area contributed by atoms with Crippen molar-refractivity contribution in [2.24, 2.45) is 0 Å². The third-order valence-electron chi connectivity index (χ3n) is 2.28. The number of nitrogens with zero attached hydrogens (tertiary/aromatic N) is 2. The molecule has 1 heterocycles. The van der Waals surface area contributed by atoms with Gasteiger partial charge in [-0.1, -0.05) is 29.5 Å². The molecule has 1 aromatic heterocycles. The Balaban J connectivity index is 2.42. The van der Waals surface area contributed by atoms with Crippen LogP contribution in [0.15, 0.2) is 12.3 Å². The van der Waals surface area contributed by atoms with Crippen molar-refractivity contribution >= 4 is 22.6 Å². The lowest BCUT2D eigenvalue weighted by Crippen LogP contribution is -2.16. The summed E-state index contributed by atoms with van der Waals surface area (Å²) in [6.07, 6.45) is 3.19. The summed E-state index contributed by atoms with van der Waals surface area (Å²) < 4.78 is 3.19. The Hall–Kier alpha value is -0.100. The van der Waals surface area contributed by atoms with E-state index >= 15 is 0 Å². The van der Waals surface area contributed by atoms with Crippen LogP contribution in [0.4, 0.5) is 0 Å². The summed E-state index contributed by atoms with van der Waals surface area (Å²) in [5.74, 6) is 0. The van der Waals surface area contributed by atoms with Crippen molar-refractivity contribution in [2.45, 2.75) is 32.9 Å². The molecule has 80 valence electrons. The summed E-state index contributed by atoms with van der Waals surface area (Å²) in [4.78, 5) is 0. The lowest BCUT2D eigenvalue weighted by Gasteiger charge is -2.08. The SMILES string of the molecule is CCC(C)n1ccc(CNCCI)n1. The maximum atomic E-state index is 4.50. The Labute approximate surface area is 99.4 Å². The molecule has 0 amide bonds. The van der Waals surface area contributed by atoms with E-state index in [4.69, 9.17) is 0 Å².